The third-order valence-electron chi connectivity index (χ3n) is 4.66. The molecule has 0 bridgehead atoms. The SMILES string of the molecule is NC(CCC1CCCC1)C1=CCCCCCC1. The van der Waals surface area contributed by atoms with E-state index in [1.165, 1.54) is 77.0 Å². The van der Waals surface area contributed by atoms with Gasteiger partial charge in [-0.15, -0.1) is 0 Å². The fourth-order valence-electron chi connectivity index (χ4n) is 3.45. The number of hydrogen-bond donors (Lipinski definition) is 1. The molecule has 0 heterocycles. The van der Waals surface area contributed by atoms with E-state index in [1.54, 1.807) is 5.57 Å². The molecule has 0 radical (unpaired) electrons. The molecule has 2 N–H and O–H groups in total. The van der Waals surface area contributed by atoms with Gasteiger partial charge < -0.3 is 5.73 Å². The fraction of sp³-hybridized carbons (Fsp3) is 0.875. The molecule has 0 aromatic rings. The Morgan fingerprint density at radius 1 is 1.06 bits per heavy atom. The van der Waals surface area contributed by atoms with Crippen LogP contribution < -0.4 is 5.73 Å². The maximum Gasteiger partial charge on any atom is 0.0253 e. The molecular formula is C16H29N. The van der Waals surface area contributed by atoms with Crippen molar-refractivity contribution in [3.05, 3.63) is 11.6 Å². The lowest BCUT2D eigenvalue weighted by Crippen LogP contribution is -2.24. The van der Waals surface area contributed by atoms with E-state index in [2.05, 4.69) is 6.08 Å². The first-order valence-electron chi connectivity index (χ1n) is 7.81. The molecule has 1 nitrogen and oxygen atoms in total. The molecule has 0 aromatic heterocycles. The maximum atomic E-state index is 6.38. The summed E-state index contributed by atoms with van der Waals surface area (Å²) in [6, 6.07) is 0.369. The van der Waals surface area contributed by atoms with Crippen molar-refractivity contribution < 1.29 is 0 Å². The molecule has 17 heavy (non-hydrogen) atoms. The minimum absolute atomic E-state index is 0.369. The van der Waals surface area contributed by atoms with Crippen molar-refractivity contribution in [3.8, 4) is 0 Å². The molecule has 0 aliphatic heterocycles. The molecule has 98 valence electrons. The van der Waals surface area contributed by atoms with E-state index in [4.69, 9.17) is 5.73 Å². The third-order valence-corrected chi connectivity index (χ3v) is 4.66. The van der Waals surface area contributed by atoms with Gasteiger partial charge in [-0.2, -0.15) is 0 Å². The lowest BCUT2D eigenvalue weighted by Gasteiger charge is -2.20. The summed E-state index contributed by atoms with van der Waals surface area (Å²) in [5.41, 5.74) is 7.95. The largest absolute Gasteiger partial charge is 0.324 e. The van der Waals surface area contributed by atoms with Gasteiger partial charge in [0.1, 0.15) is 0 Å². The first-order valence-corrected chi connectivity index (χ1v) is 7.81. The van der Waals surface area contributed by atoms with Crippen molar-refractivity contribution in [3.63, 3.8) is 0 Å². The van der Waals surface area contributed by atoms with Crippen molar-refractivity contribution in [2.45, 2.75) is 83.1 Å². The van der Waals surface area contributed by atoms with Gasteiger partial charge in [-0.25, -0.2) is 0 Å². The first kappa shape index (κ1) is 13.1. The monoisotopic (exact) mass is 235 g/mol. The summed E-state index contributed by atoms with van der Waals surface area (Å²) in [6.07, 6.45) is 19.0. The second-order valence-corrected chi connectivity index (χ2v) is 6.07. The van der Waals surface area contributed by atoms with Crippen LogP contribution in [0.5, 0.6) is 0 Å². The van der Waals surface area contributed by atoms with Crippen LogP contribution in [0, 0.1) is 5.92 Å². The lowest BCUT2D eigenvalue weighted by molar-refractivity contribution is 0.457. The number of rotatable bonds is 4. The minimum Gasteiger partial charge on any atom is -0.324 e. The summed E-state index contributed by atoms with van der Waals surface area (Å²) in [4.78, 5) is 0. The second kappa shape index (κ2) is 7.20. The van der Waals surface area contributed by atoms with Crippen LogP contribution in [-0.4, -0.2) is 6.04 Å². The highest BCUT2D eigenvalue weighted by Crippen LogP contribution is 2.30. The van der Waals surface area contributed by atoms with Crippen LogP contribution in [-0.2, 0) is 0 Å². The molecule has 0 saturated heterocycles. The van der Waals surface area contributed by atoms with Crippen molar-refractivity contribution in [2.24, 2.45) is 11.7 Å². The van der Waals surface area contributed by atoms with Gasteiger partial charge in [-0.05, 0) is 44.4 Å². The quantitative estimate of drug-likeness (QED) is 0.710. The summed E-state index contributed by atoms with van der Waals surface area (Å²) in [5, 5.41) is 0. The summed E-state index contributed by atoms with van der Waals surface area (Å²) >= 11 is 0. The average molecular weight is 235 g/mol. The number of nitrogens with two attached hydrogens (primary N) is 1. The Labute approximate surface area is 107 Å². The van der Waals surface area contributed by atoms with E-state index in [-0.39, 0.29) is 0 Å². The number of allylic oxidation sites excluding steroid dienone is 1. The fourth-order valence-corrected chi connectivity index (χ4v) is 3.45. The summed E-state index contributed by atoms with van der Waals surface area (Å²) < 4.78 is 0. The van der Waals surface area contributed by atoms with E-state index < -0.39 is 0 Å². The second-order valence-electron chi connectivity index (χ2n) is 6.07. The van der Waals surface area contributed by atoms with E-state index in [0.717, 1.165) is 5.92 Å². The molecule has 2 rings (SSSR count). The summed E-state index contributed by atoms with van der Waals surface area (Å²) in [7, 11) is 0. The van der Waals surface area contributed by atoms with Crippen LogP contribution in [0.4, 0.5) is 0 Å². The Morgan fingerprint density at radius 3 is 2.65 bits per heavy atom. The van der Waals surface area contributed by atoms with Gasteiger partial charge in [0, 0.05) is 6.04 Å². The normalized spacial score (nSPS) is 25.1. The smallest absolute Gasteiger partial charge is 0.0253 e. The number of hydrogen-bond acceptors (Lipinski definition) is 1. The highest BCUT2D eigenvalue weighted by Gasteiger charge is 2.17. The van der Waals surface area contributed by atoms with Crippen molar-refractivity contribution >= 4 is 0 Å². The molecule has 0 amide bonds. The highest BCUT2D eigenvalue weighted by atomic mass is 14.6. The molecule has 1 heteroatoms. The molecule has 2 aliphatic carbocycles. The van der Waals surface area contributed by atoms with E-state index in [0.29, 0.717) is 6.04 Å². The van der Waals surface area contributed by atoms with Gasteiger partial charge in [-0.3, -0.25) is 0 Å². The van der Waals surface area contributed by atoms with Crippen LogP contribution in [0.2, 0.25) is 0 Å². The Balaban J connectivity index is 1.74. The molecule has 0 aromatic carbocycles. The van der Waals surface area contributed by atoms with Crippen molar-refractivity contribution in [2.75, 3.05) is 0 Å². The zero-order chi connectivity index (χ0) is 11.9. The molecule has 1 atom stereocenters. The van der Waals surface area contributed by atoms with Crippen LogP contribution in [0.1, 0.15) is 77.0 Å². The van der Waals surface area contributed by atoms with Crippen LogP contribution in [0.15, 0.2) is 11.6 Å². The minimum atomic E-state index is 0.369. The highest BCUT2D eigenvalue weighted by molar-refractivity contribution is 5.10. The van der Waals surface area contributed by atoms with Crippen molar-refractivity contribution in [1.82, 2.24) is 0 Å². The summed E-state index contributed by atoms with van der Waals surface area (Å²) in [5.74, 6) is 0.996. The average Bonchev–Trinajstić information content (AvgIpc) is 2.78. The molecule has 2 aliphatic rings. The van der Waals surface area contributed by atoms with Gasteiger partial charge in [-0.1, -0.05) is 50.2 Å². The van der Waals surface area contributed by atoms with Crippen LogP contribution in [0.3, 0.4) is 0 Å². The van der Waals surface area contributed by atoms with E-state index >= 15 is 0 Å². The third kappa shape index (κ3) is 4.46. The molecule has 1 unspecified atom stereocenters. The van der Waals surface area contributed by atoms with Crippen LogP contribution >= 0.6 is 0 Å². The van der Waals surface area contributed by atoms with Gasteiger partial charge >= 0.3 is 0 Å². The standard InChI is InChI=1S/C16H29N/c17-16(13-12-14-8-6-7-9-14)15-10-4-2-1-3-5-11-15/h10,14,16H,1-9,11-13,17H2. The molecule has 0 spiro atoms. The predicted octanol–water partition coefficient (Wildman–Crippen LogP) is 4.56. The maximum absolute atomic E-state index is 6.38. The van der Waals surface area contributed by atoms with E-state index in [1.807, 2.05) is 0 Å². The predicted molar refractivity (Wildman–Crippen MR) is 75.0 cm³/mol. The molecule has 1 saturated carbocycles. The Bertz CT molecular complexity index is 238. The first-order chi connectivity index (χ1) is 8.36. The topological polar surface area (TPSA) is 26.0 Å². The zero-order valence-corrected chi connectivity index (χ0v) is 11.3. The lowest BCUT2D eigenvalue weighted by atomic mass is 9.90. The summed E-state index contributed by atoms with van der Waals surface area (Å²) in [6.45, 7) is 0. The van der Waals surface area contributed by atoms with Gasteiger partial charge in [0.2, 0.25) is 0 Å². The van der Waals surface area contributed by atoms with Gasteiger partial charge in [0.05, 0.1) is 0 Å². The van der Waals surface area contributed by atoms with E-state index in [9.17, 15) is 0 Å². The molecular weight excluding hydrogens is 206 g/mol. The molecule has 1 fully saturated rings. The van der Waals surface area contributed by atoms with Gasteiger partial charge in [0.15, 0.2) is 0 Å². The zero-order valence-electron chi connectivity index (χ0n) is 11.3. The Hall–Kier alpha value is -0.300. The van der Waals surface area contributed by atoms with Gasteiger partial charge in [0.25, 0.3) is 0 Å². The Morgan fingerprint density at radius 2 is 1.82 bits per heavy atom. The van der Waals surface area contributed by atoms with Crippen molar-refractivity contribution in [1.29, 1.82) is 0 Å². The Kier molecular flexibility index (Phi) is 5.57. The van der Waals surface area contributed by atoms with Crippen LogP contribution in [0.25, 0.3) is 0 Å².